The maximum Gasteiger partial charge on any atom is 0.0195 e. The summed E-state index contributed by atoms with van der Waals surface area (Å²) in [4.78, 5) is 5.19. The summed E-state index contributed by atoms with van der Waals surface area (Å²) in [5.41, 5.74) is 5.66. The van der Waals surface area contributed by atoms with Crippen molar-refractivity contribution in [2.45, 2.75) is 45.7 Å². The van der Waals surface area contributed by atoms with E-state index < -0.39 is 0 Å². The van der Waals surface area contributed by atoms with Crippen LogP contribution >= 0.6 is 0 Å². The molecule has 90 valence electrons. The molecule has 0 aromatic carbocycles. The topological polar surface area (TPSA) is 32.5 Å². The molecule has 1 saturated heterocycles. The molecule has 1 rings (SSSR count). The quantitative estimate of drug-likeness (QED) is 0.743. The van der Waals surface area contributed by atoms with Crippen LogP contribution in [0.2, 0.25) is 0 Å². The second-order valence-corrected chi connectivity index (χ2v) is 4.61. The van der Waals surface area contributed by atoms with Crippen molar-refractivity contribution in [3.63, 3.8) is 0 Å². The summed E-state index contributed by atoms with van der Waals surface area (Å²) < 4.78 is 0. The molecular formula is C12H27N3. The first-order valence-corrected chi connectivity index (χ1v) is 6.41. The average molecular weight is 213 g/mol. The molecule has 2 N–H and O–H groups in total. The summed E-state index contributed by atoms with van der Waals surface area (Å²) >= 11 is 0. The lowest BCUT2D eigenvalue weighted by molar-refractivity contribution is 0.0553. The smallest absolute Gasteiger partial charge is 0.0195 e. The van der Waals surface area contributed by atoms with Crippen LogP contribution in [0.4, 0.5) is 0 Å². The molecule has 1 fully saturated rings. The number of likely N-dealkylation sites (N-methyl/N-ethyl adjacent to an activating group) is 1. The van der Waals surface area contributed by atoms with Gasteiger partial charge in [-0.25, -0.2) is 0 Å². The van der Waals surface area contributed by atoms with Gasteiger partial charge in [0, 0.05) is 31.7 Å². The van der Waals surface area contributed by atoms with Crippen molar-refractivity contribution in [2.75, 3.05) is 32.7 Å². The van der Waals surface area contributed by atoms with Crippen LogP contribution < -0.4 is 5.73 Å². The SMILES string of the molecule is CCC(CCN)N1CCN(CC)C(C)C1. The van der Waals surface area contributed by atoms with Crippen LogP contribution in [0.25, 0.3) is 0 Å². The molecule has 1 aliphatic rings. The normalized spacial score (nSPS) is 26.8. The first kappa shape index (κ1) is 12.9. The number of rotatable bonds is 5. The van der Waals surface area contributed by atoms with Gasteiger partial charge in [0.15, 0.2) is 0 Å². The predicted molar refractivity (Wildman–Crippen MR) is 66.0 cm³/mol. The zero-order chi connectivity index (χ0) is 11.3. The number of nitrogens with zero attached hydrogens (tertiary/aromatic N) is 2. The van der Waals surface area contributed by atoms with E-state index in [-0.39, 0.29) is 0 Å². The molecule has 0 amide bonds. The van der Waals surface area contributed by atoms with Crippen molar-refractivity contribution in [2.24, 2.45) is 5.73 Å². The lowest BCUT2D eigenvalue weighted by Crippen LogP contribution is -2.54. The standard InChI is InChI=1S/C12H27N3/c1-4-12(6-7-13)15-9-8-14(5-2)11(3)10-15/h11-12H,4-10,13H2,1-3H3. The molecule has 1 aliphatic heterocycles. The summed E-state index contributed by atoms with van der Waals surface area (Å²) in [5, 5.41) is 0. The summed E-state index contributed by atoms with van der Waals surface area (Å²) in [6.07, 6.45) is 2.38. The lowest BCUT2D eigenvalue weighted by Gasteiger charge is -2.42. The minimum absolute atomic E-state index is 0.704. The van der Waals surface area contributed by atoms with Gasteiger partial charge < -0.3 is 5.73 Å². The van der Waals surface area contributed by atoms with Crippen LogP contribution in [0, 0.1) is 0 Å². The highest BCUT2D eigenvalue weighted by atomic mass is 15.3. The van der Waals surface area contributed by atoms with Gasteiger partial charge in [-0.05, 0) is 32.9 Å². The van der Waals surface area contributed by atoms with Crippen LogP contribution in [-0.2, 0) is 0 Å². The Balaban J connectivity index is 2.44. The van der Waals surface area contributed by atoms with Crippen molar-refractivity contribution < 1.29 is 0 Å². The largest absolute Gasteiger partial charge is 0.330 e. The minimum atomic E-state index is 0.704. The molecule has 1 heterocycles. The summed E-state index contributed by atoms with van der Waals surface area (Å²) in [5.74, 6) is 0. The lowest BCUT2D eigenvalue weighted by atomic mass is 10.1. The van der Waals surface area contributed by atoms with Gasteiger partial charge in [0.1, 0.15) is 0 Å². The molecule has 0 aromatic rings. The maximum atomic E-state index is 5.66. The molecule has 0 spiro atoms. The van der Waals surface area contributed by atoms with Gasteiger partial charge in [-0.2, -0.15) is 0 Å². The minimum Gasteiger partial charge on any atom is -0.330 e. The molecule has 3 nitrogen and oxygen atoms in total. The van der Waals surface area contributed by atoms with E-state index in [4.69, 9.17) is 5.73 Å². The molecule has 0 aliphatic carbocycles. The monoisotopic (exact) mass is 213 g/mol. The molecule has 2 unspecified atom stereocenters. The number of piperazine rings is 1. The van der Waals surface area contributed by atoms with Crippen LogP contribution in [0.5, 0.6) is 0 Å². The molecule has 0 saturated carbocycles. The average Bonchev–Trinajstić information content (AvgIpc) is 2.25. The maximum absolute atomic E-state index is 5.66. The molecule has 2 atom stereocenters. The third-order valence-electron chi connectivity index (χ3n) is 3.69. The van der Waals surface area contributed by atoms with Crippen molar-refractivity contribution in [1.29, 1.82) is 0 Å². The fraction of sp³-hybridized carbons (Fsp3) is 1.00. The second-order valence-electron chi connectivity index (χ2n) is 4.61. The highest BCUT2D eigenvalue weighted by Gasteiger charge is 2.25. The van der Waals surface area contributed by atoms with Crippen LogP contribution in [-0.4, -0.2) is 54.6 Å². The molecule has 0 aromatic heterocycles. The second kappa shape index (κ2) is 6.46. The van der Waals surface area contributed by atoms with Gasteiger partial charge in [-0.15, -0.1) is 0 Å². The fourth-order valence-corrected chi connectivity index (χ4v) is 2.66. The van der Waals surface area contributed by atoms with E-state index in [0.717, 1.165) is 13.0 Å². The van der Waals surface area contributed by atoms with Gasteiger partial charge in [0.25, 0.3) is 0 Å². The van der Waals surface area contributed by atoms with Crippen molar-refractivity contribution >= 4 is 0 Å². The van der Waals surface area contributed by atoms with Gasteiger partial charge in [0.05, 0.1) is 0 Å². The van der Waals surface area contributed by atoms with Gasteiger partial charge >= 0.3 is 0 Å². The Hall–Kier alpha value is -0.120. The Morgan fingerprint density at radius 1 is 1.33 bits per heavy atom. The first-order chi connectivity index (χ1) is 7.22. The molecule has 0 radical (unpaired) electrons. The summed E-state index contributed by atoms with van der Waals surface area (Å²) in [7, 11) is 0. The van der Waals surface area contributed by atoms with Gasteiger partial charge in [-0.3, -0.25) is 9.80 Å². The zero-order valence-electron chi connectivity index (χ0n) is 10.6. The summed E-state index contributed by atoms with van der Waals surface area (Å²) in [6, 6.07) is 1.41. The Labute approximate surface area is 94.6 Å². The molecule has 3 heteroatoms. The zero-order valence-corrected chi connectivity index (χ0v) is 10.6. The van der Waals surface area contributed by atoms with E-state index in [1.165, 1.54) is 32.6 Å². The highest BCUT2D eigenvalue weighted by Crippen LogP contribution is 2.15. The third-order valence-corrected chi connectivity index (χ3v) is 3.69. The van der Waals surface area contributed by atoms with Crippen molar-refractivity contribution in [3.05, 3.63) is 0 Å². The van der Waals surface area contributed by atoms with Crippen LogP contribution in [0.1, 0.15) is 33.6 Å². The first-order valence-electron chi connectivity index (χ1n) is 6.41. The van der Waals surface area contributed by atoms with Crippen molar-refractivity contribution in [3.8, 4) is 0 Å². The van der Waals surface area contributed by atoms with E-state index in [1.54, 1.807) is 0 Å². The van der Waals surface area contributed by atoms with E-state index in [1.807, 2.05) is 0 Å². The Morgan fingerprint density at radius 2 is 2.07 bits per heavy atom. The Morgan fingerprint density at radius 3 is 2.53 bits per heavy atom. The van der Waals surface area contributed by atoms with Gasteiger partial charge in [-0.1, -0.05) is 13.8 Å². The van der Waals surface area contributed by atoms with E-state index in [9.17, 15) is 0 Å². The number of hydrogen-bond acceptors (Lipinski definition) is 3. The van der Waals surface area contributed by atoms with E-state index in [2.05, 4.69) is 30.6 Å². The Bertz CT molecular complexity index is 172. The Kier molecular flexibility index (Phi) is 5.58. The van der Waals surface area contributed by atoms with E-state index >= 15 is 0 Å². The molecular weight excluding hydrogens is 186 g/mol. The number of hydrogen-bond donors (Lipinski definition) is 1. The fourth-order valence-electron chi connectivity index (χ4n) is 2.66. The van der Waals surface area contributed by atoms with E-state index in [0.29, 0.717) is 12.1 Å². The summed E-state index contributed by atoms with van der Waals surface area (Å²) in [6.45, 7) is 12.5. The molecule has 0 bridgehead atoms. The third kappa shape index (κ3) is 3.44. The van der Waals surface area contributed by atoms with Gasteiger partial charge in [0.2, 0.25) is 0 Å². The van der Waals surface area contributed by atoms with Crippen LogP contribution in [0.15, 0.2) is 0 Å². The van der Waals surface area contributed by atoms with Crippen molar-refractivity contribution in [1.82, 2.24) is 9.80 Å². The molecule has 15 heavy (non-hydrogen) atoms. The predicted octanol–water partition coefficient (Wildman–Crippen LogP) is 1.14. The number of nitrogens with two attached hydrogens (primary N) is 1. The van der Waals surface area contributed by atoms with Crippen LogP contribution in [0.3, 0.4) is 0 Å². The highest BCUT2D eigenvalue weighted by molar-refractivity contribution is 4.82.